The van der Waals surface area contributed by atoms with Crippen molar-refractivity contribution in [2.24, 2.45) is 0 Å². The van der Waals surface area contributed by atoms with Gasteiger partial charge in [-0.3, -0.25) is 0 Å². The van der Waals surface area contributed by atoms with Crippen molar-refractivity contribution in [2.45, 2.75) is 32.7 Å². The molecule has 1 atom stereocenters. The van der Waals surface area contributed by atoms with E-state index in [1.54, 1.807) is 23.7 Å². The Balaban J connectivity index is 2.16. The minimum absolute atomic E-state index is 0.106. The molecule has 1 N–H and O–H groups in total. The fourth-order valence-electron chi connectivity index (χ4n) is 1.80. The van der Waals surface area contributed by atoms with E-state index in [0.29, 0.717) is 5.92 Å². The zero-order chi connectivity index (χ0) is 14.7. The number of hydrogen-bond acceptors (Lipinski definition) is 6. The molecule has 0 fully saturated rings. The second-order valence-electron chi connectivity index (χ2n) is 5.25. The first-order valence-electron chi connectivity index (χ1n) is 6.69. The third kappa shape index (κ3) is 3.25. The summed E-state index contributed by atoms with van der Waals surface area (Å²) in [6.07, 6.45) is 3.40. The number of nitrogens with zero attached hydrogens (tertiary/aromatic N) is 4. The fourth-order valence-corrected chi connectivity index (χ4v) is 2.73. The predicted molar refractivity (Wildman–Crippen MR) is 84.6 cm³/mol. The fraction of sp³-hybridized carbons (Fsp3) is 0.500. The van der Waals surface area contributed by atoms with Crippen LogP contribution >= 0.6 is 11.3 Å². The van der Waals surface area contributed by atoms with Gasteiger partial charge in [0.25, 0.3) is 0 Å². The Morgan fingerprint density at radius 1 is 1.15 bits per heavy atom. The van der Waals surface area contributed by atoms with Crippen molar-refractivity contribution in [1.82, 2.24) is 15.0 Å². The molecule has 0 aromatic carbocycles. The highest BCUT2D eigenvalue weighted by Gasteiger charge is 2.15. The van der Waals surface area contributed by atoms with E-state index in [4.69, 9.17) is 0 Å². The molecule has 5 nitrogen and oxygen atoms in total. The lowest BCUT2D eigenvalue weighted by Crippen LogP contribution is -2.16. The summed E-state index contributed by atoms with van der Waals surface area (Å²) < 4.78 is 0. The molecule has 0 saturated carbocycles. The van der Waals surface area contributed by atoms with Crippen LogP contribution in [0, 0.1) is 0 Å². The van der Waals surface area contributed by atoms with Gasteiger partial charge < -0.3 is 10.2 Å². The standard InChI is InChI=1S/C14H21N5S/c1-9(2)14-18-11(8-20-14)10(3)17-12-13(19(4)5)16-7-6-15-12/h6-10H,1-5H3,(H,15,17). The van der Waals surface area contributed by atoms with E-state index in [2.05, 4.69) is 46.4 Å². The number of anilines is 2. The predicted octanol–water partition coefficient (Wildman–Crippen LogP) is 3.30. The third-order valence-electron chi connectivity index (χ3n) is 2.93. The van der Waals surface area contributed by atoms with Crippen molar-refractivity contribution in [2.75, 3.05) is 24.3 Å². The molecular formula is C14H21N5S. The summed E-state index contributed by atoms with van der Waals surface area (Å²) in [6, 6.07) is 0.106. The molecule has 108 valence electrons. The molecule has 0 aliphatic rings. The lowest BCUT2D eigenvalue weighted by Gasteiger charge is -2.18. The first-order valence-corrected chi connectivity index (χ1v) is 7.57. The number of aromatic nitrogens is 3. The zero-order valence-corrected chi connectivity index (χ0v) is 13.4. The Labute approximate surface area is 124 Å². The highest BCUT2D eigenvalue weighted by Crippen LogP contribution is 2.26. The Kier molecular flexibility index (Phi) is 4.54. The van der Waals surface area contributed by atoms with Crippen molar-refractivity contribution in [3.8, 4) is 0 Å². The molecule has 0 saturated heterocycles. The van der Waals surface area contributed by atoms with Crippen molar-refractivity contribution in [3.63, 3.8) is 0 Å². The Morgan fingerprint density at radius 3 is 2.45 bits per heavy atom. The van der Waals surface area contributed by atoms with Crippen LogP contribution in [0.3, 0.4) is 0 Å². The average Bonchev–Trinajstić information content (AvgIpc) is 2.89. The van der Waals surface area contributed by atoms with E-state index < -0.39 is 0 Å². The maximum absolute atomic E-state index is 4.67. The van der Waals surface area contributed by atoms with Gasteiger partial charge in [0.2, 0.25) is 0 Å². The van der Waals surface area contributed by atoms with Crippen LogP contribution < -0.4 is 10.2 Å². The first kappa shape index (κ1) is 14.7. The molecule has 0 aliphatic carbocycles. The van der Waals surface area contributed by atoms with Crippen molar-refractivity contribution >= 4 is 23.0 Å². The quantitative estimate of drug-likeness (QED) is 0.916. The molecule has 2 aromatic heterocycles. The summed E-state index contributed by atoms with van der Waals surface area (Å²) in [5.41, 5.74) is 1.05. The van der Waals surface area contributed by atoms with E-state index in [0.717, 1.165) is 17.3 Å². The van der Waals surface area contributed by atoms with Crippen molar-refractivity contribution < 1.29 is 0 Å². The largest absolute Gasteiger partial charge is 0.360 e. The molecule has 20 heavy (non-hydrogen) atoms. The molecule has 2 heterocycles. The lowest BCUT2D eigenvalue weighted by atomic mass is 10.2. The maximum Gasteiger partial charge on any atom is 0.171 e. The van der Waals surface area contributed by atoms with Crippen LogP contribution in [0.25, 0.3) is 0 Å². The van der Waals surface area contributed by atoms with Gasteiger partial charge in [-0.1, -0.05) is 13.8 Å². The average molecular weight is 291 g/mol. The van der Waals surface area contributed by atoms with Gasteiger partial charge in [0.15, 0.2) is 11.6 Å². The molecule has 0 spiro atoms. The SMILES string of the molecule is CC(C)c1nc(C(C)Nc2nccnc2N(C)C)cs1. The van der Waals surface area contributed by atoms with E-state index in [-0.39, 0.29) is 6.04 Å². The van der Waals surface area contributed by atoms with Crippen LogP contribution in [0.15, 0.2) is 17.8 Å². The van der Waals surface area contributed by atoms with Gasteiger partial charge >= 0.3 is 0 Å². The normalized spacial score (nSPS) is 12.5. The molecule has 0 radical (unpaired) electrons. The van der Waals surface area contributed by atoms with Crippen LogP contribution in [0.5, 0.6) is 0 Å². The van der Waals surface area contributed by atoms with Gasteiger partial charge in [-0.2, -0.15) is 0 Å². The molecule has 2 aromatic rings. The Morgan fingerprint density at radius 2 is 1.85 bits per heavy atom. The van der Waals surface area contributed by atoms with E-state index in [1.807, 2.05) is 19.0 Å². The van der Waals surface area contributed by atoms with E-state index in [1.165, 1.54) is 5.01 Å². The highest BCUT2D eigenvalue weighted by atomic mass is 32.1. The second-order valence-corrected chi connectivity index (χ2v) is 6.14. The van der Waals surface area contributed by atoms with Gasteiger partial charge in [-0.05, 0) is 6.92 Å². The molecule has 6 heteroatoms. The van der Waals surface area contributed by atoms with Gasteiger partial charge in [0.1, 0.15) is 0 Å². The maximum atomic E-state index is 4.67. The summed E-state index contributed by atoms with van der Waals surface area (Å²) in [5, 5.41) is 6.67. The lowest BCUT2D eigenvalue weighted by molar-refractivity contribution is 0.796. The molecule has 0 aliphatic heterocycles. The molecule has 0 bridgehead atoms. The highest BCUT2D eigenvalue weighted by molar-refractivity contribution is 7.09. The van der Waals surface area contributed by atoms with Crippen molar-refractivity contribution in [3.05, 3.63) is 28.5 Å². The van der Waals surface area contributed by atoms with Gasteiger partial charge in [0.05, 0.1) is 16.7 Å². The number of hydrogen-bond donors (Lipinski definition) is 1. The number of nitrogens with one attached hydrogen (secondary N) is 1. The summed E-state index contributed by atoms with van der Waals surface area (Å²) in [4.78, 5) is 15.3. The minimum atomic E-state index is 0.106. The topological polar surface area (TPSA) is 53.9 Å². The zero-order valence-electron chi connectivity index (χ0n) is 12.6. The van der Waals surface area contributed by atoms with Crippen LogP contribution in [-0.2, 0) is 0 Å². The molecule has 1 unspecified atom stereocenters. The van der Waals surface area contributed by atoms with Crippen LogP contribution in [0.2, 0.25) is 0 Å². The Bertz CT molecular complexity index is 564. The monoisotopic (exact) mass is 291 g/mol. The summed E-state index contributed by atoms with van der Waals surface area (Å²) in [5.74, 6) is 2.08. The number of rotatable bonds is 5. The van der Waals surface area contributed by atoms with E-state index in [9.17, 15) is 0 Å². The molecular weight excluding hydrogens is 270 g/mol. The minimum Gasteiger partial charge on any atom is -0.360 e. The summed E-state index contributed by atoms with van der Waals surface area (Å²) in [7, 11) is 3.92. The summed E-state index contributed by atoms with van der Waals surface area (Å²) in [6.45, 7) is 6.41. The van der Waals surface area contributed by atoms with Gasteiger partial charge in [-0.15, -0.1) is 11.3 Å². The van der Waals surface area contributed by atoms with Crippen LogP contribution in [0.1, 0.15) is 43.4 Å². The Hall–Kier alpha value is -1.69. The van der Waals surface area contributed by atoms with Gasteiger partial charge in [-0.25, -0.2) is 15.0 Å². The van der Waals surface area contributed by atoms with Crippen LogP contribution in [-0.4, -0.2) is 29.0 Å². The smallest absolute Gasteiger partial charge is 0.171 e. The number of thiazole rings is 1. The van der Waals surface area contributed by atoms with Gasteiger partial charge in [0, 0.05) is 37.8 Å². The first-order chi connectivity index (χ1) is 9.49. The van der Waals surface area contributed by atoms with Crippen molar-refractivity contribution in [1.29, 1.82) is 0 Å². The summed E-state index contributed by atoms with van der Waals surface area (Å²) >= 11 is 1.71. The molecule has 0 amide bonds. The molecule has 2 rings (SSSR count). The van der Waals surface area contributed by atoms with E-state index >= 15 is 0 Å². The third-order valence-corrected chi connectivity index (χ3v) is 4.10. The van der Waals surface area contributed by atoms with Crippen LogP contribution in [0.4, 0.5) is 11.6 Å². The second kappa shape index (κ2) is 6.17.